The van der Waals surface area contributed by atoms with Crippen LogP contribution in [0.15, 0.2) is 12.7 Å². The molecule has 1 amide bonds. The summed E-state index contributed by atoms with van der Waals surface area (Å²) < 4.78 is 4.54. The summed E-state index contributed by atoms with van der Waals surface area (Å²) in [6.45, 7) is 3.04. The van der Waals surface area contributed by atoms with Gasteiger partial charge in [0.25, 0.3) is 0 Å². The van der Waals surface area contributed by atoms with Crippen LogP contribution in [0, 0.1) is 0 Å². The highest BCUT2D eigenvalue weighted by Gasteiger charge is 2.10. The predicted octanol–water partition coefficient (Wildman–Crippen LogP) is -1.95. The van der Waals surface area contributed by atoms with Gasteiger partial charge in [-0.2, -0.15) is 0 Å². The number of amides is 1. The third-order valence-electron chi connectivity index (χ3n) is 1.12. The van der Waals surface area contributed by atoms with E-state index < -0.39 is 17.9 Å². The van der Waals surface area contributed by atoms with E-state index in [1.807, 2.05) is 0 Å². The molecule has 0 saturated carbocycles. The fourth-order valence-corrected chi connectivity index (χ4v) is 0.566. The van der Waals surface area contributed by atoms with Gasteiger partial charge in [0.2, 0.25) is 5.91 Å². The number of carboxylic acids is 1. The number of hydrogen-bond donors (Lipinski definition) is 1. The van der Waals surface area contributed by atoms with Crippen molar-refractivity contribution in [1.29, 1.82) is 0 Å². The largest absolute Gasteiger partial charge is 0.548 e. The third-order valence-corrected chi connectivity index (χ3v) is 1.12. The molecule has 0 rings (SSSR count). The SMILES string of the molecule is C=CC(=O)NC(COC)C(=O)[O-]. The molecule has 1 atom stereocenters. The van der Waals surface area contributed by atoms with Gasteiger partial charge in [-0.05, 0) is 6.08 Å². The average molecular weight is 172 g/mol. The summed E-state index contributed by atoms with van der Waals surface area (Å²) >= 11 is 0. The van der Waals surface area contributed by atoms with Crippen LogP contribution in [0.3, 0.4) is 0 Å². The number of nitrogens with one attached hydrogen (secondary N) is 1. The van der Waals surface area contributed by atoms with Gasteiger partial charge in [0.1, 0.15) is 0 Å². The Hall–Kier alpha value is -1.36. The van der Waals surface area contributed by atoms with Crippen LogP contribution in [-0.4, -0.2) is 31.6 Å². The van der Waals surface area contributed by atoms with E-state index in [1.165, 1.54) is 7.11 Å². The van der Waals surface area contributed by atoms with Crippen molar-refractivity contribution in [3.05, 3.63) is 12.7 Å². The first-order valence-corrected chi connectivity index (χ1v) is 3.24. The van der Waals surface area contributed by atoms with Gasteiger partial charge in [0.15, 0.2) is 0 Å². The van der Waals surface area contributed by atoms with Crippen LogP contribution in [0.5, 0.6) is 0 Å². The Morgan fingerprint density at radius 2 is 2.33 bits per heavy atom. The maximum Gasteiger partial charge on any atom is 0.243 e. The van der Waals surface area contributed by atoms with Gasteiger partial charge in [-0.1, -0.05) is 6.58 Å². The lowest BCUT2D eigenvalue weighted by Gasteiger charge is -2.17. The highest BCUT2D eigenvalue weighted by atomic mass is 16.5. The monoisotopic (exact) mass is 172 g/mol. The Balaban J connectivity index is 4.03. The van der Waals surface area contributed by atoms with Gasteiger partial charge in [-0.15, -0.1) is 0 Å². The fraction of sp³-hybridized carbons (Fsp3) is 0.429. The van der Waals surface area contributed by atoms with Crippen molar-refractivity contribution < 1.29 is 19.4 Å². The summed E-state index contributed by atoms with van der Waals surface area (Å²) in [5.74, 6) is -1.95. The fourth-order valence-electron chi connectivity index (χ4n) is 0.566. The summed E-state index contributed by atoms with van der Waals surface area (Å²) in [5, 5.41) is 12.4. The molecular weight excluding hydrogens is 162 g/mol. The molecule has 5 nitrogen and oxygen atoms in total. The van der Waals surface area contributed by atoms with Crippen molar-refractivity contribution in [2.75, 3.05) is 13.7 Å². The van der Waals surface area contributed by atoms with Gasteiger partial charge in [0.05, 0.1) is 18.6 Å². The van der Waals surface area contributed by atoms with Crippen LogP contribution in [0.2, 0.25) is 0 Å². The highest BCUT2D eigenvalue weighted by Crippen LogP contribution is 1.83. The van der Waals surface area contributed by atoms with Crippen LogP contribution in [0.1, 0.15) is 0 Å². The van der Waals surface area contributed by atoms with Gasteiger partial charge < -0.3 is 20.0 Å². The number of carbonyl (C=O) groups excluding carboxylic acids is 2. The molecule has 0 aromatic heterocycles. The molecule has 5 heteroatoms. The summed E-state index contributed by atoms with van der Waals surface area (Å²) in [5.41, 5.74) is 0. The standard InChI is InChI=1S/C7H11NO4/c1-3-6(9)8-5(4-12-2)7(10)11/h3,5H,1,4H2,2H3,(H,8,9)(H,10,11)/p-1. The molecular formula is C7H10NO4-. The average Bonchev–Trinajstić information content (AvgIpc) is 2.03. The van der Waals surface area contributed by atoms with E-state index in [9.17, 15) is 14.7 Å². The van der Waals surface area contributed by atoms with Crippen molar-refractivity contribution in [1.82, 2.24) is 5.32 Å². The molecule has 68 valence electrons. The van der Waals surface area contributed by atoms with Crippen molar-refractivity contribution in [2.24, 2.45) is 0 Å². The molecule has 12 heavy (non-hydrogen) atoms. The smallest absolute Gasteiger partial charge is 0.243 e. The summed E-state index contributed by atoms with van der Waals surface area (Å²) in [6.07, 6.45) is 0.978. The number of carbonyl (C=O) groups is 2. The Kier molecular flexibility index (Phi) is 4.71. The molecule has 0 aromatic carbocycles. The summed E-state index contributed by atoms with van der Waals surface area (Å²) in [4.78, 5) is 20.9. The van der Waals surface area contributed by atoms with Crippen LogP contribution in [0.25, 0.3) is 0 Å². The third kappa shape index (κ3) is 3.72. The van der Waals surface area contributed by atoms with Crippen LogP contribution in [-0.2, 0) is 14.3 Å². The predicted molar refractivity (Wildman–Crippen MR) is 39.0 cm³/mol. The zero-order valence-electron chi connectivity index (χ0n) is 6.70. The quantitative estimate of drug-likeness (QED) is 0.489. The Morgan fingerprint density at radius 3 is 2.67 bits per heavy atom. The number of aliphatic carboxylic acids is 1. The van der Waals surface area contributed by atoms with Gasteiger partial charge >= 0.3 is 0 Å². The molecule has 0 radical (unpaired) electrons. The van der Waals surface area contributed by atoms with Crippen LogP contribution in [0.4, 0.5) is 0 Å². The zero-order valence-corrected chi connectivity index (χ0v) is 6.70. The first-order valence-electron chi connectivity index (χ1n) is 3.24. The second-order valence-electron chi connectivity index (χ2n) is 2.04. The van der Waals surface area contributed by atoms with E-state index >= 15 is 0 Å². The normalized spacial score (nSPS) is 11.8. The maximum atomic E-state index is 10.6. The molecule has 0 bridgehead atoms. The number of rotatable bonds is 5. The summed E-state index contributed by atoms with van der Waals surface area (Å²) in [7, 11) is 1.33. The molecule has 0 aromatic rings. The van der Waals surface area contributed by atoms with Crippen LogP contribution >= 0.6 is 0 Å². The molecule has 0 fully saturated rings. The molecule has 0 aliphatic rings. The molecule has 0 spiro atoms. The number of carboxylic acid groups (broad SMARTS) is 1. The minimum atomic E-state index is -1.38. The minimum absolute atomic E-state index is 0.123. The van der Waals surface area contributed by atoms with Gasteiger partial charge in [-0.25, -0.2) is 0 Å². The van der Waals surface area contributed by atoms with E-state index in [-0.39, 0.29) is 6.61 Å². The lowest BCUT2D eigenvalue weighted by Crippen LogP contribution is -2.49. The number of methoxy groups -OCH3 is 1. The zero-order chi connectivity index (χ0) is 9.56. The van der Waals surface area contributed by atoms with E-state index in [2.05, 4.69) is 16.6 Å². The second kappa shape index (κ2) is 5.31. The second-order valence-corrected chi connectivity index (χ2v) is 2.04. The highest BCUT2D eigenvalue weighted by molar-refractivity contribution is 5.90. The van der Waals surface area contributed by atoms with Crippen molar-refractivity contribution in [3.63, 3.8) is 0 Å². The number of hydrogen-bond acceptors (Lipinski definition) is 4. The molecule has 0 aliphatic carbocycles. The minimum Gasteiger partial charge on any atom is -0.548 e. The Morgan fingerprint density at radius 1 is 1.75 bits per heavy atom. The number of ether oxygens (including phenoxy) is 1. The van der Waals surface area contributed by atoms with E-state index in [0.717, 1.165) is 6.08 Å². The lowest BCUT2D eigenvalue weighted by atomic mass is 10.3. The first-order chi connectivity index (χ1) is 5.61. The summed E-state index contributed by atoms with van der Waals surface area (Å²) in [6, 6.07) is -1.12. The molecule has 1 N–H and O–H groups in total. The molecule has 0 heterocycles. The first kappa shape index (κ1) is 10.6. The van der Waals surface area contributed by atoms with Gasteiger partial charge in [0, 0.05) is 7.11 Å². The van der Waals surface area contributed by atoms with Crippen LogP contribution < -0.4 is 10.4 Å². The molecule has 1 unspecified atom stereocenters. The Bertz CT molecular complexity index is 190. The van der Waals surface area contributed by atoms with E-state index in [1.54, 1.807) is 0 Å². The maximum absolute atomic E-state index is 10.6. The van der Waals surface area contributed by atoms with Gasteiger partial charge in [-0.3, -0.25) is 4.79 Å². The Labute approximate surface area is 70.0 Å². The van der Waals surface area contributed by atoms with E-state index in [0.29, 0.717) is 0 Å². The molecule has 0 saturated heterocycles. The van der Waals surface area contributed by atoms with E-state index in [4.69, 9.17) is 0 Å². The van der Waals surface area contributed by atoms with Crippen molar-refractivity contribution in [3.8, 4) is 0 Å². The van der Waals surface area contributed by atoms with Crippen molar-refractivity contribution in [2.45, 2.75) is 6.04 Å². The topological polar surface area (TPSA) is 78.5 Å². The van der Waals surface area contributed by atoms with Crippen molar-refractivity contribution >= 4 is 11.9 Å². The molecule has 0 aliphatic heterocycles. The lowest BCUT2D eigenvalue weighted by molar-refractivity contribution is -0.309.